The van der Waals surface area contributed by atoms with E-state index < -0.39 is 17.7 Å². The normalized spacial score (nSPS) is 12.9. The van der Waals surface area contributed by atoms with Gasteiger partial charge < -0.3 is 10.4 Å². The Morgan fingerprint density at radius 2 is 2.00 bits per heavy atom. The number of hydrogen-bond acceptors (Lipinski definition) is 2. The first-order chi connectivity index (χ1) is 7.00. The van der Waals surface area contributed by atoms with Crippen LogP contribution in [-0.4, -0.2) is 17.8 Å². The highest BCUT2D eigenvalue weighted by molar-refractivity contribution is 5.44. The van der Waals surface area contributed by atoms with Crippen molar-refractivity contribution in [2.45, 2.75) is 20.0 Å². The van der Waals surface area contributed by atoms with Crippen LogP contribution in [0.15, 0.2) is 18.2 Å². The van der Waals surface area contributed by atoms with Gasteiger partial charge in [0.1, 0.15) is 11.6 Å². The fourth-order valence-corrected chi connectivity index (χ4v) is 1.08. The first kappa shape index (κ1) is 11.9. The minimum absolute atomic E-state index is 0.0779. The third-order valence-electron chi connectivity index (χ3n) is 2.20. The van der Waals surface area contributed by atoms with Gasteiger partial charge >= 0.3 is 0 Å². The Labute approximate surface area is 87.9 Å². The third kappa shape index (κ3) is 3.47. The van der Waals surface area contributed by atoms with E-state index in [1.807, 2.05) is 13.8 Å². The quantitative estimate of drug-likeness (QED) is 0.808. The monoisotopic (exact) mass is 215 g/mol. The van der Waals surface area contributed by atoms with Crippen LogP contribution >= 0.6 is 0 Å². The van der Waals surface area contributed by atoms with Gasteiger partial charge in [-0.05, 0) is 24.1 Å². The molecular weight excluding hydrogens is 200 g/mol. The van der Waals surface area contributed by atoms with Crippen molar-refractivity contribution in [3.63, 3.8) is 0 Å². The van der Waals surface area contributed by atoms with Crippen LogP contribution in [0, 0.1) is 17.6 Å². The molecule has 4 heteroatoms. The summed E-state index contributed by atoms with van der Waals surface area (Å²) in [7, 11) is 0. The molecule has 84 valence electrons. The minimum atomic E-state index is -0.576. The molecule has 1 aromatic rings. The topological polar surface area (TPSA) is 32.3 Å². The molecule has 0 fully saturated rings. The molecule has 0 aliphatic heterocycles. The average Bonchev–Trinajstić information content (AvgIpc) is 2.18. The summed E-state index contributed by atoms with van der Waals surface area (Å²) in [6, 6.07) is 3.18. The highest BCUT2D eigenvalue weighted by atomic mass is 19.1. The highest BCUT2D eigenvalue weighted by Gasteiger charge is 2.10. The van der Waals surface area contributed by atoms with Crippen molar-refractivity contribution >= 4 is 5.69 Å². The number of hydrogen-bond donors (Lipinski definition) is 2. The second-order valence-corrected chi connectivity index (χ2v) is 3.82. The van der Waals surface area contributed by atoms with E-state index in [1.54, 1.807) is 0 Å². The van der Waals surface area contributed by atoms with Gasteiger partial charge in [-0.25, -0.2) is 8.78 Å². The number of benzene rings is 1. The molecule has 0 aromatic heterocycles. The van der Waals surface area contributed by atoms with Gasteiger partial charge in [0.2, 0.25) is 0 Å². The van der Waals surface area contributed by atoms with E-state index in [0.29, 0.717) is 0 Å². The van der Waals surface area contributed by atoms with Gasteiger partial charge in [-0.2, -0.15) is 0 Å². The van der Waals surface area contributed by atoms with Gasteiger partial charge in [0.15, 0.2) is 0 Å². The molecule has 15 heavy (non-hydrogen) atoms. The van der Waals surface area contributed by atoms with E-state index in [1.165, 1.54) is 0 Å². The lowest BCUT2D eigenvalue weighted by molar-refractivity contribution is 0.138. The number of rotatable bonds is 4. The Morgan fingerprint density at radius 3 is 2.60 bits per heavy atom. The van der Waals surface area contributed by atoms with Gasteiger partial charge in [0, 0.05) is 6.54 Å². The molecule has 0 saturated carbocycles. The largest absolute Gasteiger partial charge is 0.391 e. The molecular formula is C11H15F2NO. The summed E-state index contributed by atoms with van der Waals surface area (Å²) in [5.74, 6) is -0.945. The molecule has 2 nitrogen and oxygen atoms in total. The first-order valence-corrected chi connectivity index (χ1v) is 4.87. The molecule has 1 rings (SSSR count). The predicted molar refractivity (Wildman–Crippen MR) is 55.7 cm³/mol. The molecule has 1 atom stereocenters. The summed E-state index contributed by atoms with van der Waals surface area (Å²) in [4.78, 5) is 0. The van der Waals surface area contributed by atoms with E-state index in [2.05, 4.69) is 5.32 Å². The fourth-order valence-electron chi connectivity index (χ4n) is 1.08. The van der Waals surface area contributed by atoms with E-state index in [4.69, 9.17) is 0 Å². The Kier molecular flexibility index (Phi) is 4.03. The lowest BCUT2D eigenvalue weighted by Crippen LogP contribution is -2.25. The Hall–Kier alpha value is -1.16. The van der Waals surface area contributed by atoms with Crippen LogP contribution in [-0.2, 0) is 0 Å². The van der Waals surface area contributed by atoms with Crippen LogP contribution in [0.5, 0.6) is 0 Å². The molecule has 0 saturated heterocycles. The van der Waals surface area contributed by atoms with Crippen molar-refractivity contribution in [2.75, 3.05) is 11.9 Å². The molecule has 0 spiro atoms. The average molecular weight is 215 g/mol. The number of aliphatic hydroxyl groups excluding tert-OH is 1. The first-order valence-electron chi connectivity index (χ1n) is 4.87. The SMILES string of the molecule is CC(C)C(O)CNc1cc(F)ccc1F. The smallest absolute Gasteiger partial charge is 0.146 e. The lowest BCUT2D eigenvalue weighted by atomic mass is 10.1. The summed E-state index contributed by atoms with van der Waals surface area (Å²) in [6.45, 7) is 3.92. The van der Waals surface area contributed by atoms with Gasteiger partial charge in [-0.3, -0.25) is 0 Å². The van der Waals surface area contributed by atoms with Crippen molar-refractivity contribution in [1.29, 1.82) is 0 Å². The van der Waals surface area contributed by atoms with E-state index in [9.17, 15) is 13.9 Å². The maximum atomic E-state index is 13.1. The number of halogens is 2. The second-order valence-electron chi connectivity index (χ2n) is 3.82. The standard InChI is InChI=1S/C11H15F2NO/c1-7(2)11(15)6-14-10-5-8(12)3-4-9(10)13/h3-5,7,11,14-15H,6H2,1-2H3. The number of nitrogens with one attached hydrogen (secondary N) is 1. The second kappa shape index (κ2) is 5.07. The van der Waals surface area contributed by atoms with Gasteiger partial charge in [-0.15, -0.1) is 0 Å². The maximum absolute atomic E-state index is 13.1. The van der Waals surface area contributed by atoms with Crippen molar-refractivity contribution in [3.05, 3.63) is 29.8 Å². The molecule has 0 heterocycles. The minimum Gasteiger partial charge on any atom is -0.391 e. The molecule has 0 aliphatic rings. The van der Waals surface area contributed by atoms with Crippen LogP contribution in [0.25, 0.3) is 0 Å². The van der Waals surface area contributed by atoms with Crippen LogP contribution in [0.4, 0.5) is 14.5 Å². The van der Waals surface area contributed by atoms with Gasteiger partial charge in [0.05, 0.1) is 11.8 Å². The summed E-state index contributed by atoms with van der Waals surface area (Å²) in [5, 5.41) is 12.1. The molecule has 0 bridgehead atoms. The molecule has 0 radical (unpaired) electrons. The van der Waals surface area contributed by atoms with Crippen LogP contribution in [0.2, 0.25) is 0 Å². The van der Waals surface area contributed by atoms with Crippen molar-refractivity contribution in [1.82, 2.24) is 0 Å². The maximum Gasteiger partial charge on any atom is 0.146 e. The fraction of sp³-hybridized carbons (Fsp3) is 0.455. The third-order valence-corrected chi connectivity index (χ3v) is 2.20. The Morgan fingerprint density at radius 1 is 1.33 bits per heavy atom. The summed E-state index contributed by atoms with van der Waals surface area (Å²) in [6.07, 6.45) is -0.576. The number of aliphatic hydroxyl groups is 1. The zero-order valence-corrected chi connectivity index (χ0v) is 8.80. The predicted octanol–water partition coefficient (Wildman–Crippen LogP) is 2.39. The van der Waals surface area contributed by atoms with Gasteiger partial charge in [-0.1, -0.05) is 13.8 Å². The summed E-state index contributed by atoms with van der Waals surface area (Å²) < 4.78 is 25.9. The van der Waals surface area contributed by atoms with Crippen molar-refractivity contribution in [2.24, 2.45) is 5.92 Å². The highest BCUT2D eigenvalue weighted by Crippen LogP contribution is 2.15. The van der Waals surface area contributed by atoms with Crippen LogP contribution < -0.4 is 5.32 Å². The number of anilines is 1. The van der Waals surface area contributed by atoms with Crippen molar-refractivity contribution in [3.8, 4) is 0 Å². The Bertz CT molecular complexity index is 328. The molecule has 1 unspecified atom stereocenters. The zero-order valence-electron chi connectivity index (χ0n) is 8.80. The lowest BCUT2D eigenvalue weighted by Gasteiger charge is -2.16. The molecule has 1 aromatic carbocycles. The molecule has 2 N–H and O–H groups in total. The summed E-state index contributed by atoms with van der Waals surface area (Å²) in [5.41, 5.74) is 0.0784. The van der Waals surface area contributed by atoms with Crippen LogP contribution in [0.1, 0.15) is 13.8 Å². The van der Waals surface area contributed by atoms with Gasteiger partial charge in [0.25, 0.3) is 0 Å². The van der Waals surface area contributed by atoms with E-state index in [-0.39, 0.29) is 18.2 Å². The van der Waals surface area contributed by atoms with Crippen LogP contribution in [0.3, 0.4) is 0 Å². The van der Waals surface area contributed by atoms with Crippen molar-refractivity contribution < 1.29 is 13.9 Å². The van der Waals surface area contributed by atoms with E-state index in [0.717, 1.165) is 18.2 Å². The molecule has 0 aliphatic carbocycles. The summed E-state index contributed by atoms with van der Waals surface area (Å²) >= 11 is 0. The zero-order chi connectivity index (χ0) is 11.4. The Balaban J connectivity index is 2.61. The molecule has 0 amide bonds. The van der Waals surface area contributed by atoms with E-state index >= 15 is 0 Å².